The molecular formula is C13H13NO3. The number of phenolic OH excluding ortho intramolecular Hbond substituents is 1. The molecule has 4 heteroatoms. The third-order valence-electron chi connectivity index (χ3n) is 2.45. The van der Waals surface area contributed by atoms with Crippen molar-refractivity contribution in [2.45, 2.75) is 6.42 Å². The fourth-order valence-corrected chi connectivity index (χ4v) is 1.67. The minimum absolute atomic E-state index is 0.178. The lowest BCUT2D eigenvalue weighted by molar-refractivity contribution is -0.141. The van der Waals surface area contributed by atoms with Gasteiger partial charge < -0.3 is 14.8 Å². The van der Waals surface area contributed by atoms with Crippen LogP contribution < -0.4 is 0 Å². The zero-order valence-corrected chi connectivity index (χ0v) is 9.27. The number of hydrogen-bond donors (Lipinski definition) is 2. The first-order valence-electron chi connectivity index (χ1n) is 5.26. The van der Waals surface area contributed by atoms with Gasteiger partial charge in [-0.25, -0.2) is 0 Å². The molecule has 17 heavy (non-hydrogen) atoms. The molecular weight excluding hydrogens is 218 g/mol. The topological polar surface area (TPSA) is 62.3 Å². The van der Waals surface area contributed by atoms with E-state index in [0.717, 1.165) is 16.5 Å². The highest BCUT2D eigenvalue weighted by Gasteiger charge is 2.09. The van der Waals surface area contributed by atoms with E-state index in [-0.39, 0.29) is 24.7 Å². The third-order valence-corrected chi connectivity index (χ3v) is 2.45. The molecule has 0 aliphatic rings. The van der Waals surface area contributed by atoms with Crippen molar-refractivity contribution in [1.29, 1.82) is 0 Å². The van der Waals surface area contributed by atoms with Crippen LogP contribution in [-0.4, -0.2) is 22.7 Å². The molecule has 0 spiro atoms. The molecule has 2 rings (SSSR count). The number of carbonyl (C=O) groups is 1. The van der Waals surface area contributed by atoms with E-state index in [2.05, 4.69) is 11.6 Å². The zero-order valence-electron chi connectivity index (χ0n) is 9.27. The number of phenols is 1. The lowest BCUT2D eigenvalue weighted by atomic mass is 10.1. The minimum atomic E-state index is -0.311. The van der Waals surface area contributed by atoms with Gasteiger partial charge in [0.1, 0.15) is 12.4 Å². The maximum Gasteiger partial charge on any atom is 0.310 e. The van der Waals surface area contributed by atoms with Crippen molar-refractivity contribution in [3.05, 3.63) is 42.6 Å². The highest BCUT2D eigenvalue weighted by atomic mass is 16.5. The first-order valence-corrected chi connectivity index (χ1v) is 5.26. The molecule has 4 nitrogen and oxygen atoms in total. The number of esters is 1. The minimum Gasteiger partial charge on any atom is -0.508 e. The fraction of sp³-hybridized carbons (Fsp3) is 0.154. The normalized spacial score (nSPS) is 10.4. The third kappa shape index (κ3) is 2.47. The van der Waals surface area contributed by atoms with Gasteiger partial charge in [0.2, 0.25) is 0 Å². The van der Waals surface area contributed by atoms with Crippen LogP contribution in [0.4, 0.5) is 0 Å². The summed E-state index contributed by atoms with van der Waals surface area (Å²) in [4.78, 5) is 14.5. The molecule has 2 aromatic rings. The number of fused-ring (bicyclic) bond motifs is 1. The van der Waals surface area contributed by atoms with Crippen molar-refractivity contribution in [2.75, 3.05) is 6.61 Å². The molecule has 1 aromatic carbocycles. The van der Waals surface area contributed by atoms with Crippen molar-refractivity contribution in [3.8, 4) is 5.75 Å². The Kier molecular flexibility index (Phi) is 3.14. The number of aromatic nitrogens is 1. The fourth-order valence-electron chi connectivity index (χ4n) is 1.67. The van der Waals surface area contributed by atoms with E-state index in [1.807, 2.05) is 0 Å². The Morgan fingerprint density at radius 1 is 1.53 bits per heavy atom. The summed E-state index contributed by atoms with van der Waals surface area (Å²) in [6.07, 6.45) is 3.45. The maximum atomic E-state index is 11.5. The highest BCUT2D eigenvalue weighted by molar-refractivity contribution is 5.88. The van der Waals surface area contributed by atoms with Crippen molar-refractivity contribution >= 4 is 16.9 Å². The van der Waals surface area contributed by atoms with Crippen molar-refractivity contribution in [1.82, 2.24) is 4.98 Å². The van der Waals surface area contributed by atoms with E-state index in [4.69, 9.17) is 4.74 Å². The summed E-state index contributed by atoms with van der Waals surface area (Å²) in [6, 6.07) is 4.99. The zero-order chi connectivity index (χ0) is 12.3. The molecule has 0 radical (unpaired) electrons. The van der Waals surface area contributed by atoms with Crippen LogP contribution in [0, 0.1) is 0 Å². The van der Waals surface area contributed by atoms with Crippen LogP contribution in [-0.2, 0) is 16.0 Å². The van der Waals surface area contributed by atoms with Crippen LogP contribution >= 0.6 is 0 Å². The van der Waals surface area contributed by atoms with Gasteiger partial charge in [0.15, 0.2) is 0 Å². The number of benzene rings is 1. The maximum absolute atomic E-state index is 11.5. The van der Waals surface area contributed by atoms with Gasteiger partial charge >= 0.3 is 5.97 Å². The van der Waals surface area contributed by atoms with Gasteiger partial charge in [0, 0.05) is 17.1 Å². The molecule has 2 N–H and O–H groups in total. The lowest BCUT2D eigenvalue weighted by Gasteiger charge is -2.01. The second-order valence-corrected chi connectivity index (χ2v) is 3.69. The second kappa shape index (κ2) is 4.74. The van der Waals surface area contributed by atoms with Gasteiger partial charge in [0.25, 0.3) is 0 Å². The number of rotatable bonds is 4. The van der Waals surface area contributed by atoms with Gasteiger partial charge in [-0.3, -0.25) is 4.79 Å². The summed E-state index contributed by atoms with van der Waals surface area (Å²) in [7, 11) is 0. The predicted octanol–water partition coefficient (Wildman–Crippen LogP) is 2.15. The first kappa shape index (κ1) is 11.3. The quantitative estimate of drug-likeness (QED) is 0.626. The monoisotopic (exact) mass is 231 g/mol. The van der Waals surface area contributed by atoms with Gasteiger partial charge in [-0.05, 0) is 23.8 Å². The molecule has 1 aromatic heterocycles. The van der Waals surface area contributed by atoms with Crippen LogP contribution in [0.1, 0.15) is 5.56 Å². The molecule has 88 valence electrons. The van der Waals surface area contributed by atoms with Crippen molar-refractivity contribution in [3.63, 3.8) is 0 Å². The van der Waals surface area contributed by atoms with Crippen molar-refractivity contribution < 1.29 is 14.6 Å². The molecule has 0 aliphatic carbocycles. The standard InChI is InChI=1S/C13H13NO3/c1-2-5-17-13(16)6-9-8-14-12-4-3-10(15)7-11(9)12/h2-4,7-8,14-15H,1,5-6H2. The van der Waals surface area contributed by atoms with E-state index in [9.17, 15) is 9.90 Å². The smallest absolute Gasteiger partial charge is 0.310 e. The summed E-state index contributed by atoms with van der Waals surface area (Å²) in [5.74, 6) is -0.132. The van der Waals surface area contributed by atoms with Gasteiger partial charge in [-0.15, -0.1) is 0 Å². The van der Waals surface area contributed by atoms with E-state index >= 15 is 0 Å². The van der Waals surface area contributed by atoms with Crippen LogP contribution in [0.25, 0.3) is 10.9 Å². The number of ether oxygens (including phenoxy) is 1. The Hall–Kier alpha value is -2.23. The largest absolute Gasteiger partial charge is 0.508 e. The molecule has 0 fully saturated rings. The van der Waals surface area contributed by atoms with Crippen LogP contribution in [0.3, 0.4) is 0 Å². The number of aromatic hydroxyl groups is 1. The predicted molar refractivity (Wildman–Crippen MR) is 64.8 cm³/mol. The van der Waals surface area contributed by atoms with E-state index in [0.29, 0.717) is 0 Å². The van der Waals surface area contributed by atoms with Crippen LogP contribution in [0.5, 0.6) is 5.75 Å². The molecule has 1 heterocycles. The summed E-state index contributed by atoms with van der Waals surface area (Å²) >= 11 is 0. The van der Waals surface area contributed by atoms with E-state index < -0.39 is 0 Å². The summed E-state index contributed by atoms with van der Waals surface area (Å²) < 4.78 is 4.91. The number of aromatic amines is 1. The molecule has 0 saturated heterocycles. The average Bonchev–Trinajstić information content (AvgIpc) is 2.69. The summed E-state index contributed by atoms with van der Waals surface area (Å²) in [6.45, 7) is 3.69. The van der Waals surface area contributed by atoms with Crippen LogP contribution in [0.15, 0.2) is 37.1 Å². The van der Waals surface area contributed by atoms with Crippen molar-refractivity contribution in [2.24, 2.45) is 0 Å². The summed E-state index contributed by atoms with van der Waals surface area (Å²) in [5, 5.41) is 10.2. The first-order chi connectivity index (χ1) is 8.20. The Labute approximate surface area is 98.5 Å². The molecule has 0 atom stereocenters. The Balaban J connectivity index is 2.21. The Morgan fingerprint density at radius 2 is 2.35 bits per heavy atom. The molecule has 0 unspecified atom stereocenters. The number of H-pyrrole nitrogens is 1. The molecule has 0 aliphatic heterocycles. The second-order valence-electron chi connectivity index (χ2n) is 3.69. The molecule has 0 amide bonds. The lowest BCUT2D eigenvalue weighted by Crippen LogP contribution is -2.07. The average molecular weight is 231 g/mol. The van der Waals surface area contributed by atoms with Gasteiger partial charge in [0.05, 0.1) is 6.42 Å². The number of carbonyl (C=O) groups excluding carboxylic acids is 1. The SMILES string of the molecule is C=CCOC(=O)Cc1c[nH]c2ccc(O)cc12. The summed E-state index contributed by atoms with van der Waals surface area (Å²) in [5.41, 5.74) is 1.69. The number of hydrogen-bond acceptors (Lipinski definition) is 3. The van der Waals surface area contributed by atoms with E-state index in [1.165, 1.54) is 6.08 Å². The highest BCUT2D eigenvalue weighted by Crippen LogP contribution is 2.23. The van der Waals surface area contributed by atoms with E-state index in [1.54, 1.807) is 24.4 Å². The van der Waals surface area contributed by atoms with Crippen LogP contribution in [0.2, 0.25) is 0 Å². The van der Waals surface area contributed by atoms with Gasteiger partial charge in [-0.2, -0.15) is 0 Å². The molecule has 0 bridgehead atoms. The van der Waals surface area contributed by atoms with Gasteiger partial charge in [-0.1, -0.05) is 12.7 Å². The molecule has 0 saturated carbocycles. The Bertz CT molecular complexity index is 557. The Morgan fingerprint density at radius 3 is 3.12 bits per heavy atom. The number of nitrogens with one attached hydrogen (secondary N) is 1.